The fourth-order valence-electron chi connectivity index (χ4n) is 6.30. The molecule has 2 aromatic carbocycles. The van der Waals surface area contributed by atoms with Gasteiger partial charge in [0, 0.05) is 50.2 Å². The lowest BCUT2D eigenvalue weighted by Crippen LogP contribution is -2.54. The molecule has 0 aliphatic carbocycles. The molecule has 0 bridgehead atoms. The van der Waals surface area contributed by atoms with Crippen molar-refractivity contribution in [3.05, 3.63) is 42.5 Å². The van der Waals surface area contributed by atoms with E-state index in [9.17, 15) is 16.8 Å². The van der Waals surface area contributed by atoms with Crippen molar-refractivity contribution < 1.29 is 16.8 Å². The van der Waals surface area contributed by atoms with E-state index in [1.807, 2.05) is 30.3 Å². The molecule has 0 spiro atoms. The van der Waals surface area contributed by atoms with Gasteiger partial charge in [0.2, 0.25) is 20.0 Å². The van der Waals surface area contributed by atoms with Crippen LogP contribution in [0.25, 0.3) is 10.8 Å². The molecule has 2 aromatic rings. The highest BCUT2D eigenvalue weighted by Crippen LogP contribution is 2.32. The first kappa shape index (κ1) is 27.0. The van der Waals surface area contributed by atoms with E-state index in [2.05, 4.69) is 16.8 Å². The number of sulfonamides is 2. The first-order valence-electron chi connectivity index (χ1n) is 13.7. The summed E-state index contributed by atoms with van der Waals surface area (Å²) in [7, 11) is -4.84. The topological polar surface area (TPSA) is 81.2 Å². The van der Waals surface area contributed by atoms with Gasteiger partial charge in [0.1, 0.15) is 0 Å². The van der Waals surface area contributed by atoms with Gasteiger partial charge in [-0.1, -0.05) is 36.4 Å². The van der Waals surface area contributed by atoms with E-state index in [4.69, 9.17) is 0 Å². The van der Waals surface area contributed by atoms with Gasteiger partial charge in [0.25, 0.3) is 0 Å². The van der Waals surface area contributed by atoms with Crippen LogP contribution in [-0.4, -0.2) is 106 Å². The summed E-state index contributed by atoms with van der Waals surface area (Å²) in [6, 6.07) is 13.4. The number of piperazine rings is 1. The van der Waals surface area contributed by atoms with Crippen LogP contribution in [0.2, 0.25) is 0 Å². The molecule has 0 saturated carbocycles. The number of fused-ring (bicyclic) bond motifs is 1. The molecule has 8 nitrogen and oxygen atoms in total. The van der Waals surface area contributed by atoms with Gasteiger partial charge in [-0.15, -0.1) is 0 Å². The van der Waals surface area contributed by atoms with Gasteiger partial charge < -0.3 is 4.90 Å². The average molecular weight is 549 g/mol. The monoisotopic (exact) mass is 548 g/mol. The standard InChI is InChI=1S/C27H40N4O4S2/c1-28-16-13-24(14-17-28)29-18-20-30(21-19-29)36(32,33)22-6-10-25-9-5-15-31(25)37(34,35)27-12-4-8-23-7-2-3-11-26(23)27/h2-4,7-8,11-12,24-25H,5-6,9-10,13-22H2,1H3. The summed E-state index contributed by atoms with van der Waals surface area (Å²) >= 11 is 0. The van der Waals surface area contributed by atoms with Gasteiger partial charge in [0.15, 0.2) is 0 Å². The number of hydrogen-bond donors (Lipinski definition) is 0. The predicted molar refractivity (Wildman–Crippen MR) is 148 cm³/mol. The predicted octanol–water partition coefficient (Wildman–Crippen LogP) is 2.81. The Kier molecular flexibility index (Phi) is 8.24. The maximum absolute atomic E-state index is 13.6. The van der Waals surface area contributed by atoms with E-state index >= 15 is 0 Å². The van der Waals surface area contributed by atoms with Crippen LogP contribution in [0.4, 0.5) is 0 Å². The highest BCUT2D eigenvalue weighted by molar-refractivity contribution is 7.89. The van der Waals surface area contributed by atoms with E-state index < -0.39 is 20.0 Å². The van der Waals surface area contributed by atoms with Gasteiger partial charge in [-0.2, -0.15) is 8.61 Å². The molecule has 3 saturated heterocycles. The number of piperidine rings is 1. The first-order chi connectivity index (χ1) is 17.8. The molecule has 3 aliphatic rings. The molecule has 0 radical (unpaired) electrons. The summed E-state index contributed by atoms with van der Waals surface area (Å²) in [4.78, 5) is 5.16. The summed E-state index contributed by atoms with van der Waals surface area (Å²) in [5, 5.41) is 1.64. The van der Waals surface area contributed by atoms with Crippen LogP contribution in [-0.2, 0) is 20.0 Å². The minimum absolute atomic E-state index is 0.0832. The van der Waals surface area contributed by atoms with Crippen LogP contribution >= 0.6 is 0 Å². The molecule has 3 heterocycles. The molecular weight excluding hydrogens is 508 g/mol. The van der Waals surface area contributed by atoms with Crippen molar-refractivity contribution in [1.82, 2.24) is 18.4 Å². The molecule has 0 N–H and O–H groups in total. The third-order valence-electron chi connectivity index (χ3n) is 8.47. The SMILES string of the molecule is CN1CCC(N2CCN(S(=O)(=O)CCCC3CCCN3S(=O)(=O)c3cccc4ccccc34)CC2)CC1. The zero-order valence-electron chi connectivity index (χ0n) is 21.8. The molecule has 0 amide bonds. The molecule has 3 aliphatic heterocycles. The largest absolute Gasteiger partial charge is 0.306 e. The molecule has 1 atom stereocenters. The van der Waals surface area contributed by atoms with E-state index in [-0.39, 0.29) is 11.8 Å². The lowest BCUT2D eigenvalue weighted by molar-refractivity contribution is 0.0892. The number of benzene rings is 2. The lowest BCUT2D eigenvalue weighted by atomic mass is 10.0. The quantitative estimate of drug-likeness (QED) is 0.505. The van der Waals surface area contributed by atoms with Crippen molar-refractivity contribution in [2.75, 3.05) is 58.6 Å². The Balaban J connectivity index is 1.16. The molecule has 10 heteroatoms. The van der Waals surface area contributed by atoms with Crippen molar-refractivity contribution in [2.45, 2.75) is 55.5 Å². The maximum Gasteiger partial charge on any atom is 0.243 e. The molecule has 5 rings (SSSR count). The zero-order chi connectivity index (χ0) is 26.0. The van der Waals surface area contributed by atoms with Gasteiger partial charge in [-0.3, -0.25) is 4.90 Å². The fraction of sp³-hybridized carbons (Fsp3) is 0.630. The number of likely N-dealkylation sites (tertiary alicyclic amines) is 1. The fourth-order valence-corrected chi connectivity index (χ4v) is 9.75. The summed E-state index contributed by atoms with van der Waals surface area (Å²) in [5.41, 5.74) is 0. The second-order valence-electron chi connectivity index (χ2n) is 10.8. The summed E-state index contributed by atoms with van der Waals surface area (Å²) in [5.74, 6) is 0.0832. The minimum atomic E-state index is -3.66. The Morgan fingerprint density at radius 2 is 1.51 bits per heavy atom. The van der Waals surface area contributed by atoms with Crippen LogP contribution in [0, 0.1) is 0 Å². The third kappa shape index (κ3) is 5.89. The third-order valence-corrected chi connectivity index (χ3v) is 12.4. The Hall–Kier alpha value is -1.56. The summed E-state index contributed by atoms with van der Waals surface area (Å²) < 4.78 is 56.7. The molecule has 204 valence electrons. The van der Waals surface area contributed by atoms with Crippen LogP contribution < -0.4 is 0 Å². The number of nitrogens with zero attached hydrogens (tertiary/aromatic N) is 4. The van der Waals surface area contributed by atoms with E-state index in [0.717, 1.165) is 62.6 Å². The Morgan fingerprint density at radius 3 is 2.27 bits per heavy atom. The van der Waals surface area contributed by atoms with Crippen LogP contribution in [0.3, 0.4) is 0 Å². The first-order valence-corrected chi connectivity index (χ1v) is 16.7. The van der Waals surface area contributed by atoms with Crippen LogP contribution in [0.1, 0.15) is 38.5 Å². The second kappa shape index (κ2) is 11.3. The Morgan fingerprint density at radius 1 is 0.811 bits per heavy atom. The maximum atomic E-state index is 13.6. The van der Waals surface area contributed by atoms with Crippen LogP contribution in [0.15, 0.2) is 47.4 Å². The second-order valence-corrected chi connectivity index (χ2v) is 14.8. The van der Waals surface area contributed by atoms with Gasteiger partial charge >= 0.3 is 0 Å². The molecule has 3 fully saturated rings. The van der Waals surface area contributed by atoms with Gasteiger partial charge in [-0.25, -0.2) is 16.8 Å². The van der Waals surface area contributed by atoms with Crippen molar-refractivity contribution in [1.29, 1.82) is 0 Å². The number of hydrogen-bond acceptors (Lipinski definition) is 6. The van der Waals surface area contributed by atoms with E-state index in [0.29, 0.717) is 43.4 Å². The van der Waals surface area contributed by atoms with Crippen molar-refractivity contribution in [3.8, 4) is 0 Å². The van der Waals surface area contributed by atoms with Gasteiger partial charge in [0.05, 0.1) is 10.6 Å². The lowest BCUT2D eigenvalue weighted by Gasteiger charge is -2.41. The normalized spacial score (nSPS) is 24.2. The van der Waals surface area contributed by atoms with Crippen molar-refractivity contribution in [3.63, 3.8) is 0 Å². The smallest absolute Gasteiger partial charge is 0.243 e. The molecule has 1 unspecified atom stereocenters. The zero-order valence-corrected chi connectivity index (χ0v) is 23.5. The Labute approximate surface area is 222 Å². The highest BCUT2D eigenvalue weighted by atomic mass is 32.2. The molecule has 0 aromatic heterocycles. The Bertz CT molecular complexity index is 1280. The van der Waals surface area contributed by atoms with Crippen LogP contribution in [0.5, 0.6) is 0 Å². The average Bonchev–Trinajstić information content (AvgIpc) is 3.38. The van der Waals surface area contributed by atoms with Crippen molar-refractivity contribution in [2.24, 2.45) is 0 Å². The highest BCUT2D eigenvalue weighted by Gasteiger charge is 2.36. The summed E-state index contributed by atoms with van der Waals surface area (Å²) in [6.07, 6.45) is 4.94. The molecule has 37 heavy (non-hydrogen) atoms. The summed E-state index contributed by atoms with van der Waals surface area (Å²) in [6.45, 7) is 5.41. The number of rotatable bonds is 8. The molecular formula is C27H40N4O4S2. The van der Waals surface area contributed by atoms with E-state index in [1.165, 1.54) is 0 Å². The van der Waals surface area contributed by atoms with E-state index in [1.54, 1.807) is 20.7 Å². The minimum Gasteiger partial charge on any atom is -0.306 e. The van der Waals surface area contributed by atoms with Crippen molar-refractivity contribution >= 4 is 30.8 Å². The van der Waals surface area contributed by atoms with Gasteiger partial charge in [-0.05, 0) is 70.1 Å².